The zero-order valence-electron chi connectivity index (χ0n) is 12.2. The summed E-state index contributed by atoms with van der Waals surface area (Å²) in [6, 6.07) is 12.7. The summed E-state index contributed by atoms with van der Waals surface area (Å²) in [5.74, 6) is 1.56. The van der Waals surface area contributed by atoms with Gasteiger partial charge in [0.05, 0.1) is 7.11 Å². The van der Waals surface area contributed by atoms with Gasteiger partial charge in [-0.2, -0.15) is 0 Å². The van der Waals surface area contributed by atoms with Crippen molar-refractivity contribution >= 4 is 21.6 Å². The molecule has 0 heterocycles. The van der Waals surface area contributed by atoms with Crippen LogP contribution in [0.4, 0.5) is 0 Å². The van der Waals surface area contributed by atoms with Gasteiger partial charge in [-0.25, -0.2) is 0 Å². The Morgan fingerprint density at radius 1 is 1.20 bits per heavy atom. The van der Waals surface area contributed by atoms with Crippen LogP contribution in [-0.2, 0) is 17.3 Å². The summed E-state index contributed by atoms with van der Waals surface area (Å²) in [4.78, 5) is 0. The van der Waals surface area contributed by atoms with Crippen molar-refractivity contribution in [2.24, 2.45) is 0 Å². The standard InChI is InChI=1S/C16H21NO2S/c1-12(11-20(3)18)17-10-13-4-5-15-9-16(19-2)7-6-14(15)8-13/h4-9,12,17H,10-11H2,1-3H3. The van der Waals surface area contributed by atoms with Gasteiger partial charge in [0, 0.05) is 35.4 Å². The SMILES string of the molecule is COc1ccc2cc(CNC(C)CS(C)=O)ccc2c1. The van der Waals surface area contributed by atoms with Crippen molar-refractivity contribution < 1.29 is 8.95 Å². The minimum absolute atomic E-state index is 0.257. The first-order valence-corrected chi connectivity index (χ1v) is 8.41. The molecule has 108 valence electrons. The lowest BCUT2D eigenvalue weighted by Crippen LogP contribution is -2.30. The highest BCUT2D eigenvalue weighted by Crippen LogP contribution is 2.21. The second-order valence-corrected chi connectivity index (χ2v) is 6.55. The Hall–Kier alpha value is -1.39. The second-order valence-electron chi connectivity index (χ2n) is 5.07. The molecule has 0 saturated carbocycles. The van der Waals surface area contributed by atoms with Gasteiger partial charge in [-0.05, 0) is 41.5 Å². The summed E-state index contributed by atoms with van der Waals surface area (Å²) >= 11 is 0. The molecule has 2 rings (SSSR count). The molecular formula is C16H21NO2S. The van der Waals surface area contributed by atoms with Crippen LogP contribution in [0.3, 0.4) is 0 Å². The van der Waals surface area contributed by atoms with E-state index in [0.29, 0.717) is 5.75 Å². The molecule has 3 nitrogen and oxygen atoms in total. The Morgan fingerprint density at radius 3 is 2.60 bits per heavy atom. The Balaban J connectivity index is 2.06. The number of fused-ring (bicyclic) bond motifs is 1. The van der Waals surface area contributed by atoms with E-state index in [0.717, 1.165) is 12.3 Å². The second kappa shape index (κ2) is 6.86. The third-order valence-electron chi connectivity index (χ3n) is 3.25. The molecule has 0 spiro atoms. The third kappa shape index (κ3) is 4.05. The van der Waals surface area contributed by atoms with Crippen molar-refractivity contribution in [1.82, 2.24) is 5.32 Å². The molecule has 0 bridgehead atoms. The van der Waals surface area contributed by atoms with Crippen LogP contribution < -0.4 is 10.1 Å². The van der Waals surface area contributed by atoms with E-state index in [1.807, 2.05) is 12.1 Å². The first kappa shape index (κ1) is 15.0. The molecular weight excluding hydrogens is 270 g/mol. The Labute approximate surface area is 122 Å². The van der Waals surface area contributed by atoms with Crippen molar-refractivity contribution in [1.29, 1.82) is 0 Å². The van der Waals surface area contributed by atoms with Crippen molar-refractivity contribution in [2.45, 2.75) is 19.5 Å². The number of hydrogen-bond acceptors (Lipinski definition) is 3. The van der Waals surface area contributed by atoms with Crippen LogP contribution in [0, 0.1) is 0 Å². The summed E-state index contributed by atoms with van der Waals surface area (Å²) < 4.78 is 16.4. The predicted molar refractivity (Wildman–Crippen MR) is 85.7 cm³/mol. The van der Waals surface area contributed by atoms with E-state index in [9.17, 15) is 4.21 Å². The topological polar surface area (TPSA) is 38.3 Å². The van der Waals surface area contributed by atoms with Crippen molar-refractivity contribution in [3.8, 4) is 5.75 Å². The number of nitrogens with one attached hydrogen (secondary N) is 1. The maximum Gasteiger partial charge on any atom is 0.119 e. The van der Waals surface area contributed by atoms with Crippen molar-refractivity contribution in [2.75, 3.05) is 19.1 Å². The molecule has 0 saturated heterocycles. The Bertz CT molecular complexity index is 612. The molecule has 4 heteroatoms. The van der Waals surface area contributed by atoms with Crippen LogP contribution in [0.5, 0.6) is 5.75 Å². The van der Waals surface area contributed by atoms with Gasteiger partial charge < -0.3 is 10.1 Å². The van der Waals surface area contributed by atoms with E-state index in [-0.39, 0.29) is 6.04 Å². The fraction of sp³-hybridized carbons (Fsp3) is 0.375. The molecule has 0 aliphatic heterocycles. The zero-order valence-corrected chi connectivity index (χ0v) is 13.0. The van der Waals surface area contributed by atoms with Gasteiger partial charge in [0.1, 0.15) is 5.75 Å². The quantitative estimate of drug-likeness (QED) is 0.889. The largest absolute Gasteiger partial charge is 0.497 e. The van der Waals surface area contributed by atoms with E-state index in [4.69, 9.17) is 4.74 Å². The number of ether oxygens (including phenoxy) is 1. The molecule has 2 aromatic rings. The van der Waals surface area contributed by atoms with Gasteiger partial charge in [0.25, 0.3) is 0 Å². The summed E-state index contributed by atoms with van der Waals surface area (Å²) in [5, 5.41) is 5.78. The molecule has 1 N–H and O–H groups in total. The molecule has 0 aliphatic rings. The monoisotopic (exact) mass is 291 g/mol. The first-order valence-electron chi connectivity index (χ1n) is 6.68. The van der Waals surface area contributed by atoms with Gasteiger partial charge >= 0.3 is 0 Å². The number of hydrogen-bond donors (Lipinski definition) is 1. The first-order chi connectivity index (χ1) is 9.58. The minimum Gasteiger partial charge on any atom is -0.497 e. The van der Waals surface area contributed by atoms with E-state index in [1.165, 1.54) is 16.3 Å². The minimum atomic E-state index is -0.756. The van der Waals surface area contributed by atoms with Crippen molar-refractivity contribution in [3.63, 3.8) is 0 Å². The maximum atomic E-state index is 11.2. The van der Waals surface area contributed by atoms with Crippen LogP contribution in [0.15, 0.2) is 36.4 Å². The fourth-order valence-electron chi connectivity index (χ4n) is 2.21. The van der Waals surface area contributed by atoms with E-state index in [1.54, 1.807) is 13.4 Å². The van der Waals surface area contributed by atoms with Crippen molar-refractivity contribution in [3.05, 3.63) is 42.0 Å². The average molecular weight is 291 g/mol. The third-order valence-corrected chi connectivity index (χ3v) is 4.22. The summed E-state index contributed by atoms with van der Waals surface area (Å²) in [5.41, 5.74) is 1.23. The fourth-order valence-corrected chi connectivity index (χ4v) is 3.04. The van der Waals surface area contributed by atoms with Crippen LogP contribution in [0.1, 0.15) is 12.5 Å². The summed E-state index contributed by atoms with van der Waals surface area (Å²) in [6.07, 6.45) is 1.74. The molecule has 20 heavy (non-hydrogen) atoms. The Morgan fingerprint density at radius 2 is 1.90 bits per heavy atom. The van der Waals surface area contributed by atoms with Crippen LogP contribution >= 0.6 is 0 Å². The normalized spacial score (nSPS) is 14.2. The van der Waals surface area contributed by atoms with Crippen LogP contribution in [0.25, 0.3) is 10.8 Å². The molecule has 0 aromatic heterocycles. The zero-order chi connectivity index (χ0) is 14.5. The lowest BCUT2D eigenvalue weighted by molar-refractivity contribution is 0.415. The van der Waals surface area contributed by atoms with E-state index >= 15 is 0 Å². The number of rotatable bonds is 6. The average Bonchev–Trinajstić information content (AvgIpc) is 2.43. The van der Waals surface area contributed by atoms with E-state index < -0.39 is 10.8 Å². The molecule has 2 unspecified atom stereocenters. The van der Waals surface area contributed by atoms with E-state index in [2.05, 4.69) is 36.5 Å². The molecule has 0 amide bonds. The highest BCUT2D eigenvalue weighted by Gasteiger charge is 2.04. The summed E-state index contributed by atoms with van der Waals surface area (Å²) in [6.45, 7) is 2.85. The van der Waals surface area contributed by atoms with Gasteiger partial charge in [-0.1, -0.05) is 18.2 Å². The van der Waals surface area contributed by atoms with Gasteiger partial charge in [-0.15, -0.1) is 0 Å². The highest BCUT2D eigenvalue weighted by atomic mass is 32.2. The summed E-state index contributed by atoms with van der Waals surface area (Å²) in [7, 11) is 0.923. The Kier molecular flexibility index (Phi) is 5.15. The predicted octanol–water partition coefficient (Wildman–Crippen LogP) is 2.71. The number of benzene rings is 2. The van der Waals surface area contributed by atoms with Crippen LogP contribution in [0.2, 0.25) is 0 Å². The molecule has 2 atom stereocenters. The van der Waals surface area contributed by atoms with Gasteiger partial charge in [-0.3, -0.25) is 4.21 Å². The maximum absolute atomic E-state index is 11.2. The smallest absolute Gasteiger partial charge is 0.119 e. The number of methoxy groups -OCH3 is 1. The van der Waals surface area contributed by atoms with Gasteiger partial charge in [0.15, 0.2) is 0 Å². The molecule has 2 aromatic carbocycles. The lowest BCUT2D eigenvalue weighted by Gasteiger charge is -2.12. The van der Waals surface area contributed by atoms with Gasteiger partial charge in [0.2, 0.25) is 0 Å². The molecule has 0 radical (unpaired) electrons. The molecule has 0 fully saturated rings. The van der Waals surface area contributed by atoms with Crippen LogP contribution in [-0.4, -0.2) is 29.4 Å². The highest BCUT2D eigenvalue weighted by molar-refractivity contribution is 7.84. The molecule has 0 aliphatic carbocycles. The lowest BCUT2D eigenvalue weighted by atomic mass is 10.1.